The number of carbonyl (C=O) groups is 1. The lowest BCUT2D eigenvalue weighted by atomic mass is 10.1. The van der Waals surface area contributed by atoms with Gasteiger partial charge in [0.1, 0.15) is 0 Å². The Labute approximate surface area is 185 Å². The molecular weight excluding hydrogens is 384 g/mol. The van der Waals surface area contributed by atoms with Crippen LogP contribution >= 0.6 is 0 Å². The minimum atomic E-state index is 0.0867. The van der Waals surface area contributed by atoms with Crippen LogP contribution in [0.2, 0.25) is 0 Å². The highest BCUT2D eigenvalue weighted by atomic mass is 16.5. The molecule has 1 amide bonds. The molecule has 4 nitrogen and oxygen atoms in total. The fourth-order valence-electron chi connectivity index (χ4n) is 3.97. The number of morpholine rings is 1. The SMILES string of the molecule is O=C(c1cccc(CN2CCOCC2)c1)N(CCc1ccccc1)Cc1ccccc1. The molecule has 0 atom stereocenters. The van der Waals surface area contributed by atoms with Crippen molar-refractivity contribution in [2.45, 2.75) is 19.5 Å². The van der Waals surface area contributed by atoms with Gasteiger partial charge in [0.2, 0.25) is 0 Å². The molecule has 0 aliphatic carbocycles. The second-order valence-electron chi connectivity index (χ2n) is 8.04. The summed E-state index contributed by atoms with van der Waals surface area (Å²) < 4.78 is 5.45. The second-order valence-corrected chi connectivity index (χ2v) is 8.04. The van der Waals surface area contributed by atoms with E-state index in [1.807, 2.05) is 53.4 Å². The zero-order valence-electron chi connectivity index (χ0n) is 18.0. The smallest absolute Gasteiger partial charge is 0.254 e. The van der Waals surface area contributed by atoms with Crippen molar-refractivity contribution < 1.29 is 9.53 Å². The van der Waals surface area contributed by atoms with Gasteiger partial charge < -0.3 is 9.64 Å². The van der Waals surface area contributed by atoms with E-state index < -0.39 is 0 Å². The van der Waals surface area contributed by atoms with Gasteiger partial charge in [-0.1, -0.05) is 72.8 Å². The first kappa shape index (κ1) is 21.3. The molecule has 1 fully saturated rings. The number of carbonyl (C=O) groups excluding carboxylic acids is 1. The molecule has 0 saturated carbocycles. The summed E-state index contributed by atoms with van der Waals surface area (Å²) in [5, 5.41) is 0. The van der Waals surface area contributed by atoms with Gasteiger partial charge in [0.15, 0.2) is 0 Å². The topological polar surface area (TPSA) is 32.8 Å². The van der Waals surface area contributed by atoms with Crippen LogP contribution in [0.4, 0.5) is 0 Å². The highest BCUT2D eigenvalue weighted by Crippen LogP contribution is 2.15. The quantitative estimate of drug-likeness (QED) is 0.548. The molecule has 1 aliphatic rings. The third-order valence-corrected chi connectivity index (χ3v) is 5.70. The number of benzene rings is 3. The molecule has 4 rings (SSSR count). The molecule has 1 heterocycles. The van der Waals surface area contributed by atoms with Crippen molar-refractivity contribution in [2.75, 3.05) is 32.8 Å². The predicted molar refractivity (Wildman–Crippen MR) is 124 cm³/mol. The molecule has 0 spiro atoms. The van der Waals surface area contributed by atoms with Crippen LogP contribution in [0.3, 0.4) is 0 Å². The Balaban J connectivity index is 1.49. The van der Waals surface area contributed by atoms with Crippen LogP contribution in [0.15, 0.2) is 84.9 Å². The summed E-state index contributed by atoms with van der Waals surface area (Å²) >= 11 is 0. The average Bonchev–Trinajstić information content (AvgIpc) is 2.83. The summed E-state index contributed by atoms with van der Waals surface area (Å²) in [6.45, 7) is 5.59. The number of ether oxygens (including phenoxy) is 1. The van der Waals surface area contributed by atoms with Crippen LogP contribution in [0.1, 0.15) is 27.0 Å². The normalized spacial score (nSPS) is 14.3. The molecule has 1 aliphatic heterocycles. The zero-order valence-corrected chi connectivity index (χ0v) is 18.0. The summed E-state index contributed by atoms with van der Waals surface area (Å²) in [5.41, 5.74) is 4.33. The van der Waals surface area contributed by atoms with E-state index in [0.717, 1.165) is 50.4 Å². The summed E-state index contributed by atoms with van der Waals surface area (Å²) in [5.74, 6) is 0.0867. The minimum Gasteiger partial charge on any atom is -0.379 e. The van der Waals surface area contributed by atoms with E-state index in [1.165, 1.54) is 11.1 Å². The average molecular weight is 415 g/mol. The Bertz CT molecular complexity index is 953. The van der Waals surface area contributed by atoms with Crippen molar-refractivity contribution in [3.8, 4) is 0 Å². The highest BCUT2D eigenvalue weighted by Gasteiger charge is 2.18. The third-order valence-electron chi connectivity index (χ3n) is 5.70. The monoisotopic (exact) mass is 414 g/mol. The number of rotatable bonds is 8. The molecule has 4 heteroatoms. The van der Waals surface area contributed by atoms with Crippen LogP contribution in [0, 0.1) is 0 Å². The van der Waals surface area contributed by atoms with Gasteiger partial charge in [-0.25, -0.2) is 0 Å². The first-order valence-electron chi connectivity index (χ1n) is 11.0. The van der Waals surface area contributed by atoms with Gasteiger partial charge in [-0.05, 0) is 35.2 Å². The van der Waals surface area contributed by atoms with Crippen molar-refractivity contribution >= 4 is 5.91 Å². The second kappa shape index (κ2) is 10.9. The minimum absolute atomic E-state index is 0.0867. The van der Waals surface area contributed by atoms with Crippen molar-refractivity contribution in [3.05, 3.63) is 107 Å². The largest absolute Gasteiger partial charge is 0.379 e. The van der Waals surface area contributed by atoms with E-state index in [9.17, 15) is 4.79 Å². The number of amides is 1. The molecule has 0 aromatic heterocycles. The van der Waals surface area contributed by atoms with Gasteiger partial charge >= 0.3 is 0 Å². The Kier molecular flexibility index (Phi) is 7.48. The summed E-state index contributed by atoms with van der Waals surface area (Å²) in [4.78, 5) is 17.9. The van der Waals surface area contributed by atoms with Crippen molar-refractivity contribution in [3.63, 3.8) is 0 Å². The highest BCUT2D eigenvalue weighted by molar-refractivity contribution is 5.94. The maximum Gasteiger partial charge on any atom is 0.254 e. The Morgan fingerprint density at radius 1 is 0.806 bits per heavy atom. The van der Waals surface area contributed by atoms with Crippen LogP contribution in [0.5, 0.6) is 0 Å². The molecule has 3 aromatic carbocycles. The molecule has 0 bridgehead atoms. The molecule has 1 saturated heterocycles. The van der Waals surface area contributed by atoms with Gasteiger partial charge in [-0.3, -0.25) is 9.69 Å². The van der Waals surface area contributed by atoms with Crippen molar-refractivity contribution in [1.82, 2.24) is 9.80 Å². The lowest BCUT2D eigenvalue weighted by Gasteiger charge is -2.27. The van der Waals surface area contributed by atoms with Crippen molar-refractivity contribution in [1.29, 1.82) is 0 Å². The van der Waals surface area contributed by atoms with E-state index in [1.54, 1.807) is 0 Å². The third kappa shape index (κ3) is 6.27. The van der Waals surface area contributed by atoms with Gasteiger partial charge in [0, 0.05) is 38.3 Å². The van der Waals surface area contributed by atoms with Crippen LogP contribution in [-0.4, -0.2) is 48.6 Å². The molecule has 3 aromatic rings. The van der Waals surface area contributed by atoms with E-state index >= 15 is 0 Å². The first-order chi connectivity index (χ1) is 15.3. The summed E-state index contributed by atoms with van der Waals surface area (Å²) in [7, 11) is 0. The number of hydrogen-bond acceptors (Lipinski definition) is 3. The molecule has 0 N–H and O–H groups in total. The predicted octanol–water partition coefficient (Wildman–Crippen LogP) is 4.40. The molecular formula is C27H30N2O2. The van der Waals surface area contributed by atoms with E-state index in [0.29, 0.717) is 13.1 Å². The van der Waals surface area contributed by atoms with Crippen LogP contribution in [0.25, 0.3) is 0 Å². The molecule has 0 radical (unpaired) electrons. The van der Waals surface area contributed by atoms with Gasteiger partial charge in [-0.15, -0.1) is 0 Å². The standard InChI is InChI=1S/C27H30N2O2/c30-27(26-13-7-12-25(20-26)21-28-16-18-31-19-17-28)29(22-24-10-5-2-6-11-24)15-14-23-8-3-1-4-9-23/h1-13,20H,14-19,21-22H2. The number of hydrogen-bond donors (Lipinski definition) is 0. The van der Waals surface area contributed by atoms with E-state index in [4.69, 9.17) is 4.74 Å². The summed E-state index contributed by atoms with van der Waals surface area (Å²) in [6, 6.07) is 28.7. The van der Waals surface area contributed by atoms with Gasteiger partial charge in [0.25, 0.3) is 5.91 Å². The fourth-order valence-corrected chi connectivity index (χ4v) is 3.97. The fraction of sp³-hybridized carbons (Fsp3) is 0.296. The van der Waals surface area contributed by atoms with Crippen molar-refractivity contribution in [2.24, 2.45) is 0 Å². The molecule has 0 unspecified atom stereocenters. The Morgan fingerprint density at radius 3 is 2.16 bits per heavy atom. The number of nitrogens with zero attached hydrogens (tertiary/aromatic N) is 2. The lowest BCUT2D eigenvalue weighted by Crippen LogP contribution is -2.36. The van der Waals surface area contributed by atoms with Gasteiger partial charge in [0.05, 0.1) is 13.2 Å². The van der Waals surface area contributed by atoms with Gasteiger partial charge in [-0.2, -0.15) is 0 Å². The Hall–Kier alpha value is -2.95. The maximum absolute atomic E-state index is 13.5. The van der Waals surface area contributed by atoms with E-state index in [-0.39, 0.29) is 5.91 Å². The molecule has 160 valence electrons. The Morgan fingerprint density at radius 2 is 1.45 bits per heavy atom. The van der Waals surface area contributed by atoms with Crippen LogP contribution in [-0.2, 0) is 24.2 Å². The van der Waals surface area contributed by atoms with E-state index in [2.05, 4.69) is 41.3 Å². The maximum atomic E-state index is 13.5. The lowest BCUT2D eigenvalue weighted by molar-refractivity contribution is 0.0341. The molecule has 31 heavy (non-hydrogen) atoms. The zero-order chi connectivity index (χ0) is 21.3. The summed E-state index contributed by atoms with van der Waals surface area (Å²) in [6.07, 6.45) is 0.840. The first-order valence-corrected chi connectivity index (χ1v) is 11.0. The van der Waals surface area contributed by atoms with Crippen LogP contribution < -0.4 is 0 Å².